The summed E-state index contributed by atoms with van der Waals surface area (Å²) in [6.07, 6.45) is 6.77. The van der Waals surface area contributed by atoms with Gasteiger partial charge in [0.2, 0.25) is 10.0 Å². The molecule has 5 N–H and O–H groups in total. The van der Waals surface area contributed by atoms with Crippen molar-refractivity contribution in [2.75, 3.05) is 31.9 Å². The summed E-state index contributed by atoms with van der Waals surface area (Å²) < 4.78 is 33.2. The number of nitrogens with one attached hydrogen (secondary N) is 1. The van der Waals surface area contributed by atoms with E-state index in [0.717, 1.165) is 74.9 Å². The molecule has 3 aromatic rings. The number of carbonyl (C=O) groups excluding carboxylic acids is 5. The molecule has 1 unspecified atom stereocenters. The fourth-order valence-electron chi connectivity index (χ4n) is 4.96. The van der Waals surface area contributed by atoms with Crippen molar-refractivity contribution in [1.82, 2.24) is 15.1 Å². The molecule has 0 radical (unpaired) electrons. The van der Waals surface area contributed by atoms with E-state index in [-0.39, 0.29) is 34.6 Å². The van der Waals surface area contributed by atoms with E-state index in [1.54, 1.807) is 22.9 Å². The normalized spacial score (nSPS) is 11.4. The van der Waals surface area contributed by atoms with Gasteiger partial charge in [-0.15, -0.1) is 5.75 Å². The van der Waals surface area contributed by atoms with Crippen LogP contribution in [-0.4, -0.2) is 85.6 Å². The van der Waals surface area contributed by atoms with Crippen LogP contribution in [0, 0.1) is 6.92 Å². The Hall–Kier alpha value is -4.13. The molecule has 291 valence electrons. The number of unbranched alkanes of at least 4 members (excludes halogenated alkanes) is 6. The first-order valence-electron chi connectivity index (χ1n) is 17.0. The summed E-state index contributed by atoms with van der Waals surface area (Å²) in [5.74, 6) is -3.02. The number of nitrogens with two attached hydrogens (primary N) is 2. The predicted molar refractivity (Wildman–Crippen MR) is 200 cm³/mol. The average Bonchev–Trinajstić information content (AvgIpc) is 3.62. The van der Waals surface area contributed by atoms with E-state index in [1.165, 1.54) is 12.1 Å². The topological polar surface area (TPSA) is 261 Å². The fourth-order valence-corrected chi connectivity index (χ4v) is 5.57. The van der Waals surface area contributed by atoms with Gasteiger partial charge >= 0.3 is 22.4 Å². The van der Waals surface area contributed by atoms with Crippen molar-refractivity contribution >= 4 is 52.1 Å². The molecule has 0 aliphatic heterocycles. The number of primary sulfonamides is 1. The van der Waals surface area contributed by atoms with Crippen LogP contribution in [0.1, 0.15) is 67.4 Å². The van der Waals surface area contributed by atoms with Gasteiger partial charge in [0.1, 0.15) is 5.78 Å². The maximum absolute atomic E-state index is 13.0. The van der Waals surface area contributed by atoms with Gasteiger partial charge < -0.3 is 54.0 Å². The number of rotatable bonds is 22. The van der Waals surface area contributed by atoms with Crippen LogP contribution in [0.15, 0.2) is 59.5 Å². The Labute approximate surface area is 331 Å². The van der Waals surface area contributed by atoms with E-state index >= 15 is 0 Å². The number of nitrogens with zero attached hydrogens (tertiary/aromatic N) is 5. The Morgan fingerprint density at radius 3 is 1.93 bits per heavy atom. The van der Waals surface area contributed by atoms with Crippen LogP contribution < -0.4 is 16.2 Å². The van der Waals surface area contributed by atoms with Crippen molar-refractivity contribution in [2.24, 2.45) is 10.9 Å². The predicted octanol–water partition coefficient (Wildman–Crippen LogP) is 3.37. The van der Waals surface area contributed by atoms with Gasteiger partial charge in [0, 0.05) is 29.8 Å². The summed E-state index contributed by atoms with van der Waals surface area (Å²) >= 11 is 5.41. The first kappa shape index (κ1) is 46.0. The number of benzene rings is 2. The summed E-state index contributed by atoms with van der Waals surface area (Å²) in [4.78, 5) is 59.5. The molecule has 0 saturated carbocycles. The zero-order valence-corrected chi connectivity index (χ0v) is 33.3. The Morgan fingerprint density at radius 1 is 0.815 bits per heavy atom. The number of aryl methyl sites for hydroxylation is 1. The maximum atomic E-state index is 13.0. The Kier molecular flexibility index (Phi) is 20.7. The van der Waals surface area contributed by atoms with E-state index in [2.05, 4.69) is 39.0 Å². The number of sulfonamides is 1. The van der Waals surface area contributed by atoms with Crippen molar-refractivity contribution in [3.8, 4) is 16.9 Å². The molecule has 19 heteroatoms. The number of amides is 4. The minimum atomic E-state index is -3.86. The first-order chi connectivity index (χ1) is 25.8. The Bertz CT molecular complexity index is 1810. The quantitative estimate of drug-likeness (QED) is 0.0974. The van der Waals surface area contributed by atoms with Crippen molar-refractivity contribution in [3.63, 3.8) is 0 Å². The molecular weight excluding hydrogens is 823 g/mol. The molecule has 0 bridgehead atoms. The third kappa shape index (κ3) is 16.5. The second-order valence-corrected chi connectivity index (χ2v) is 13.9. The third-order valence-electron chi connectivity index (χ3n) is 7.91. The third-order valence-corrected chi connectivity index (χ3v) is 9.08. The van der Waals surface area contributed by atoms with Crippen LogP contribution in [0.5, 0.6) is 0 Å². The second kappa shape index (κ2) is 24.3. The SMILES string of the molecule is Cc1ccc(-c2cc(C(=O)NCCCCCCCCCC(N)C(=O)C[N-]C(=O)C[N-]C(=O)C[N-]C(=O)C[S-])nn2-c2ccc(S(N)(=O)=O)cc2)cc1.[O]=[Tc+4]. The number of carbonyl (C=O) groups is 5. The van der Waals surface area contributed by atoms with Gasteiger partial charge in [0.05, 0.1) is 22.3 Å². The van der Waals surface area contributed by atoms with Crippen LogP contribution in [0.3, 0.4) is 0 Å². The number of aromatic nitrogens is 2. The van der Waals surface area contributed by atoms with Gasteiger partial charge in [-0.05, 0) is 50.1 Å². The molecule has 0 aliphatic carbocycles. The van der Waals surface area contributed by atoms with Crippen molar-refractivity contribution < 1.29 is 54.8 Å². The minimum absolute atomic E-state index is 0.0243. The fraction of sp³-hybridized carbons (Fsp3) is 0.429. The van der Waals surface area contributed by atoms with Gasteiger partial charge in [0.15, 0.2) is 5.69 Å². The summed E-state index contributed by atoms with van der Waals surface area (Å²) in [5, 5.41) is 23.2. The molecule has 1 aromatic heterocycles. The van der Waals surface area contributed by atoms with Gasteiger partial charge in [-0.25, -0.2) is 18.2 Å². The molecular formula is C35H44N8O8S2Tc. The van der Waals surface area contributed by atoms with Crippen LogP contribution in [0.4, 0.5) is 0 Å². The zero-order valence-electron chi connectivity index (χ0n) is 29.8. The monoisotopic (exact) mass is 865 g/mol. The van der Waals surface area contributed by atoms with Crippen LogP contribution >= 0.6 is 0 Å². The standard InChI is InChI=1S/C35H48N8O7S2.O.Tc/c1-24-10-12-25(13-11-24)30-19-29(42-43(30)26-14-16-27(17-15-26)52(37,49)50)35(48)38-18-8-6-4-2-3-5-7-9-28(36)31(44)20-39-32(45)21-40-33(46)22-41-34(47)23-51;;/h10-17,19,28H,2-9,18,20-23,36H2,1H3,(H7,37,38,39,40,41,45,46,47,48,49,50,51);;/q;;+4/p-4. The van der Waals surface area contributed by atoms with Crippen LogP contribution in [-0.2, 0) is 64.2 Å². The van der Waals surface area contributed by atoms with Crippen molar-refractivity contribution in [2.45, 2.75) is 69.2 Å². The molecule has 3 rings (SSSR count). The van der Waals surface area contributed by atoms with Crippen LogP contribution in [0.25, 0.3) is 32.9 Å². The van der Waals surface area contributed by atoms with E-state index in [1.807, 2.05) is 31.2 Å². The summed E-state index contributed by atoms with van der Waals surface area (Å²) in [6.45, 7) is 1.06. The Balaban J connectivity index is 0.00000495. The molecule has 0 spiro atoms. The number of hydrogen-bond acceptors (Lipinski definition) is 11. The molecule has 0 saturated heterocycles. The van der Waals surface area contributed by atoms with Gasteiger partial charge in [-0.2, -0.15) is 5.10 Å². The Morgan fingerprint density at radius 2 is 1.35 bits per heavy atom. The van der Waals surface area contributed by atoms with Gasteiger partial charge in [0.25, 0.3) is 5.91 Å². The summed E-state index contributed by atoms with van der Waals surface area (Å²) in [7, 11) is -3.86. The van der Waals surface area contributed by atoms with E-state index < -0.39 is 46.9 Å². The van der Waals surface area contributed by atoms with Gasteiger partial charge in [-0.3, -0.25) is 9.59 Å². The van der Waals surface area contributed by atoms with E-state index in [0.29, 0.717) is 24.3 Å². The molecule has 16 nitrogen and oxygen atoms in total. The summed E-state index contributed by atoms with van der Waals surface area (Å²) in [6, 6.07) is 14.7. The van der Waals surface area contributed by atoms with Crippen molar-refractivity contribution in [3.05, 3.63) is 81.8 Å². The van der Waals surface area contributed by atoms with E-state index in [4.69, 9.17) is 14.4 Å². The first-order valence-corrected chi connectivity index (χ1v) is 19.9. The molecule has 1 heterocycles. The molecule has 4 amide bonds. The molecule has 2 aromatic carbocycles. The molecule has 54 heavy (non-hydrogen) atoms. The van der Waals surface area contributed by atoms with Crippen molar-refractivity contribution in [1.29, 1.82) is 0 Å². The van der Waals surface area contributed by atoms with Gasteiger partial charge in [-0.1, -0.05) is 88.0 Å². The van der Waals surface area contributed by atoms with E-state index in [9.17, 15) is 32.4 Å². The number of Topliss-reactive ketones (excluding diaryl/α,β-unsaturated/α-hetero) is 1. The molecule has 0 fully saturated rings. The number of hydrogen-bond donors (Lipinski definition) is 3. The zero-order chi connectivity index (χ0) is 40.1. The average molecular weight is 867 g/mol. The second-order valence-electron chi connectivity index (χ2n) is 12.1. The van der Waals surface area contributed by atoms with Crippen LogP contribution in [0.2, 0.25) is 0 Å². The molecule has 1 atom stereocenters. The number of ketones is 1. The molecule has 0 aliphatic rings. The summed E-state index contributed by atoms with van der Waals surface area (Å²) in [5.41, 5.74) is 9.35.